The minimum Gasteiger partial charge on any atom is -0.376 e. The Bertz CT molecular complexity index is 470. The number of ether oxygens (including phenoxy) is 1. The maximum Gasteiger partial charge on any atom is 0.128 e. The van der Waals surface area contributed by atoms with Crippen LogP contribution in [0, 0.1) is 17.6 Å². The van der Waals surface area contributed by atoms with Crippen molar-refractivity contribution in [3.63, 3.8) is 0 Å². The fourth-order valence-electron chi connectivity index (χ4n) is 3.38. The monoisotopic (exact) mass is 297 g/mol. The largest absolute Gasteiger partial charge is 0.376 e. The molecule has 1 aliphatic rings. The number of hydrogen-bond donors (Lipinski definition) is 1. The van der Waals surface area contributed by atoms with Gasteiger partial charge in [0.15, 0.2) is 0 Å². The number of likely N-dealkylation sites (N-methyl/N-ethyl adjacent to an activating group) is 1. The second-order valence-electron chi connectivity index (χ2n) is 6.11. The Morgan fingerprint density at radius 1 is 1.33 bits per heavy atom. The van der Waals surface area contributed by atoms with Crippen LogP contribution in [-0.4, -0.2) is 19.3 Å². The third-order valence-electron chi connectivity index (χ3n) is 4.73. The van der Waals surface area contributed by atoms with Crippen LogP contribution in [0.15, 0.2) is 18.2 Å². The normalized spacial score (nSPS) is 27.6. The molecule has 0 spiro atoms. The predicted molar refractivity (Wildman–Crippen MR) is 80.1 cm³/mol. The zero-order valence-electron chi connectivity index (χ0n) is 13.1. The molecule has 1 fully saturated rings. The smallest absolute Gasteiger partial charge is 0.128 e. The van der Waals surface area contributed by atoms with E-state index in [1.807, 2.05) is 6.92 Å². The molecule has 0 bridgehead atoms. The van der Waals surface area contributed by atoms with Gasteiger partial charge < -0.3 is 10.1 Å². The first-order valence-corrected chi connectivity index (χ1v) is 7.76. The fourth-order valence-corrected chi connectivity index (χ4v) is 3.38. The summed E-state index contributed by atoms with van der Waals surface area (Å²) >= 11 is 0. The van der Waals surface area contributed by atoms with Gasteiger partial charge in [0.2, 0.25) is 0 Å². The summed E-state index contributed by atoms with van der Waals surface area (Å²) in [6.45, 7) is 4.88. The summed E-state index contributed by atoms with van der Waals surface area (Å²) in [5.41, 5.74) is -0.0924. The molecule has 0 radical (unpaired) electrons. The van der Waals surface area contributed by atoms with Crippen LogP contribution in [0.5, 0.6) is 0 Å². The van der Waals surface area contributed by atoms with Crippen LogP contribution in [0.25, 0.3) is 0 Å². The lowest BCUT2D eigenvalue weighted by molar-refractivity contribution is -0.0765. The Hall–Kier alpha value is -1.00. The van der Waals surface area contributed by atoms with E-state index in [0.717, 1.165) is 31.7 Å². The molecule has 118 valence electrons. The molecule has 2 nitrogen and oxygen atoms in total. The molecule has 1 atom stereocenters. The van der Waals surface area contributed by atoms with E-state index in [0.29, 0.717) is 18.0 Å². The second kappa shape index (κ2) is 6.84. The molecule has 0 aliphatic heterocycles. The summed E-state index contributed by atoms with van der Waals surface area (Å²) in [5.74, 6) is -0.130. The third-order valence-corrected chi connectivity index (χ3v) is 4.73. The van der Waals surface area contributed by atoms with E-state index in [1.165, 1.54) is 12.1 Å². The highest BCUT2D eigenvalue weighted by atomic mass is 19.1. The maximum absolute atomic E-state index is 14.2. The van der Waals surface area contributed by atoms with E-state index in [9.17, 15) is 8.78 Å². The van der Waals surface area contributed by atoms with Crippen molar-refractivity contribution in [1.82, 2.24) is 5.32 Å². The number of benzene rings is 1. The lowest BCUT2D eigenvalue weighted by Crippen LogP contribution is -2.48. The minimum atomic E-state index is -0.461. The van der Waals surface area contributed by atoms with Crippen LogP contribution in [0.2, 0.25) is 0 Å². The highest BCUT2D eigenvalue weighted by Gasteiger charge is 2.43. The highest BCUT2D eigenvalue weighted by Crippen LogP contribution is 2.43. The summed E-state index contributed by atoms with van der Waals surface area (Å²) in [6.07, 6.45) is 3.82. The van der Waals surface area contributed by atoms with Gasteiger partial charge in [-0.1, -0.05) is 13.8 Å². The third kappa shape index (κ3) is 3.43. The number of halogens is 2. The molecule has 1 aliphatic carbocycles. The van der Waals surface area contributed by atoms with Crippen molar-refractivity contribution in [3.8, 4) is 0 Å². The number of nitrogens with one attached hydrogen (secondary N) is 1. The highest BCUT2D eigenvalue weighted by molar-refractivity contribution is 5.26. The Morgan fingerprint density at radius 2 is 2.00 bits per heavy atom. The molecule has 21 heavy (non-hydrogen) atoms. The average molecular weight is 297 g/mol. The Kier molecular flexibility index (Phi) is 5.33. The van der Waals surface area contributed by atoms with Gasteiger partial charge >= 0.3 is 0 Å². The summed E-state index contributed by atoms with van der Waals surface area (Å²) in [7, 11) is 1.68. The molecule has 0 saturated heterocycles. The first-order chi connectivity index (χ1) is 10.0. The first-order valence-electron chi connectivity index (χ1n) is 7.76. The lowest BCUT2D eigenvalue weighted by atomic mass is 9.73. The van der Waals surface area contributed by atoms with Crippen molar-refractivity contribution in [1.29, 1.82) is 0 Å². The molecule has 0 amide bonds. The van der Waals surface area contributed by atoms with Crippen LogP contribution in [-0.2, 0) is 4.74 Å². The molecule has 4 heteroatoms. The Balaban J connectivity index is 2.38. The van der Waals surface area contributed by atoms with Crippen molar-refractivity contribution in [3.05, 3.63) is 35.4 Å². The Labute approximate surface area is 125 Å². The molecular formula is C17H25F2NO. The van der Waals surface area contributed by atoms with Gasteiger partial charge in [0.05, 0.1) is 11.6 Å². The number of hydrogen-bond acceptors (Lipinski definition) is 2. The molecule has 2 rings (SSSR count). The van der Waals surface area contributed by atoms with E-state index < -0.39 is 11.4 Å². The zero-order chi connectivity index (χ0) is 15.5. The van der Waals surface area contributed by atoms with E-state index >= 15 is 0 Å². The van der Waals surface area contributed by atoms with Crippen LogP contribution in [0.1, 0.15) is 51.1 Å². The summed E-state index contributed by atoms with van der Waals surface area (Å²) in [5, 5.41) is 3.31. The molecular weight excluding hydrogens is 272 g/mol. The van der Waals surface area contributed by atoms with E-state index in [1.54, 1.807) is 7.11 Å². The number of methoxy groups -OCH3 is 1. The average Bonchev–Trinajstić information content (AvgIpc) is 2.49. The van der Waals surface area contributed by atoms with Crippen molar-refractivity contribution in [2.24, 2.45) is 5.92 Å². The van der Waals surface area contributed by atoms with Gasteiger partial charge in [0, 0.05) is 12.7 Å². The van der Waals surface area contributed by atoms with Gasteiger partial charge in [-0.05, 0) is 56.3 Å². The topological polar surface area (TPSA) is 21.3 Å². The summed E-state index contributed by atoms with van der Waals surface area (Å²) in [6, 6.07) is 3.32. The summed E-state index contributed by atoms with van der Waals surface area (Å²) < 4.78 is 33.6. The first kappa shape index (κ1) is 16.4. The van der Waals surface area contributed by atoms with Crippen molar-refractivity contribution in [2.45, 2.75) is 51.2 Å². The molecule has 0 heterocycles. The molecule has 1 unspecified atom stereocenters. The lowest BCUT2D eigenvalue weighted by Gasteiger charge is -2.44. The van der Waals surface area contributed by atoms with Crippen LogP contribution in [0.4, 0.5) is 8.78 Å². The molecule has 1 N–H and O–H groups in total. The van der Waals surface area contributed by atoms with Crippen molar-refractivity contribution >= 4 is 0 Å². The standard InChI is InChI=1S/C17H25F2NO/c1-4-20-16(14-11-13(18)5-6-15(14)19)17(21-3)9-7-12(2)8-10-17/h5-6,11-12,16,20H,4,7-10H2,1-3H3. The van der Waals surface area contributed by atoms with Crippen LogP contribution in [0.3, 0.4) is 0 Å². The molecule has 1 aromatic rings. The van der Waals surface area contributed by atoms with E-state index in [4.69, 9.17) is 4.74 Å². The SMILES string of the molecule is CCNC(c1cc(F)ccc1F)C1(OC)CCC(C)CC1. The molecule has 0 aromatic heterocycles. The zero-order valence-corrected chi connectivity index (χ0v) is 13.1. The van der Waals surface area contributed by atoms with Crippen molar-refractivity contribution < 1.29 is 13.5 Å². The van der Waals surface area contributed by atoms with Gasteiger partial charge in [-0.3, -0.25) is 0 Å². The quantitative estimate of drug-likeness (QED) is 0.879. The van der Waals surface area contributed by atoms with Crippen LogP contribution >= 0.6 is 0 Å². The van der Waals surface area contributed by atoms with E-state index in [-0.39, 0.29) is 11.9 Å². The second-order valence-corrected chi connectivity index (χ2v) is 6.11. The van der Waals surface area contributed by atoms with Gasteiger partial charge in [-0.2, -0.15) is 0 Å². The minimum absolute atomic E-state index is 0.323. The van der Waals surface area contributed by atoms with Gasteiger partial charge in [-0.25, -0.2) is 8.78 Å². The van der Waals surface area contributed by atoms with Crippen molar-refractivity contribution in [2.75, 3.05) is 13.7 Å². The molecule has 1 aromatic carbocycles. The van der Waals surface area contributed by atoms with Gasteiger partial charge in [0.1, 0.15) is 11.6 Å². The number of rotatable bonds is 5. The predicted octanol–water partition coefficient (Wildman–Crippen LogP) is 4.21. The fraction of sp³-hybridized carbons (Fsp3) is 0.647. The molecule has 1 saturated carbocycles. The van der Waals surface area contributed by atoms with Gasteiger partial charge in [-0.15, -0.1) is 0 Å². The van der Waals surface area contributed by atoms with E-state index in [2.05, 4.69) is 12.2 Å². The summed E-state index contributed by atoms with van der Waals surface area (Å²) in [4.78, 5) is 0. The van der Waals surface area contributed by atoms with Crippen LogP contribution < -0.4 is 5.32 Å². The maximum atomic E-state index is 14.2. The van der Waals surface area contributed by atoms with Gasteiger partial charge in [0.25, 0.3) is 0 Å². The Morgan fingerprint density at radius 3 is 2.57 bits per heavy atom.